The molecule has 2 rings (SSSR count). The van der Waals surface area contributed by atoms with Gasteiger partial charge in [-0.3, -0.25) is 4.98 Å². The van der Waals surface area contributed by atoms with E-state index in [-0.39, 0.29) is 0 Å². The molecule has 2 N–H and O–H groups in total. The first-order valence-corrected chi connectivity index (χ1v) is 5.91. The van der Waals surface area contributed by atoms with Crippen molar-refractivity contribution in [3.63, 3.8) is 0 Å². The van der Waals surface area contributed by atoms with Crippen molar-refractivity contribution in [1.82, 2.24) is 15.0 Å². The van der Waals surface area contributed by atoms with E-state index in [1.165, 1.54) is 0 Å². The molecule has 0 amide bonds. The largest absolute Gasteiger partial charge is 0.338 e. The van der Waals surface area contributed by atoms with Crippen molar-refractivity contribution >= 4 is 5.95 Å². The van der Waals surface area contributed by atoms with Crippen molar-refractivity contribution in [3.05, 3.63) is 48.0 Å². The zero-order valence-electron chi connectivity index (χ0n) is 10.5. The van der Waals surface area contributed by atoms with Crippen LogP contribution in [0.5, 0.6) is 0 Å². The zero-order chi connectivity index (χ0) is 12.8. The molecule has 94 valence electrons. The predicted molar refractivity (Wildman–Crippen MR) is 71.1 cm³/mol. The minimum absolute atomic E-state index is 0.618. The minimum Gasteiger partial charge on any atom is -0.338 e. The molecule has 0 saturated heterocycles. The van der Waals surface area contributed by atoms with Crippen molar-refractivity contribution < 1.29 is 0 Å². The molecule has 0 aliphatic heterocycles. The minimum atomic E-state index is 0.618. The van der Waals surface area contributed by atoms with Crippen LogP contribution in [0.25, 0.3) is 0 Å². The van der Waals surface area contributed by atoms with Gasteiger partial charge in [-0.05, 0) is 30.7 Å². The zero-order valence-corrected chi connectivity index (χ0v) is 10.5. The second-order valence-corrected chi connectivity index (χ2v) is 4.11. The third kappa shape index (κ3) is 3.24. The Bertz CT molecular complexity index is 469. The van der Waals surface area contributed by atoms with Gasteiger partial charge in [0, 0.05) is 25.6 Å². The quantitative estimate of drug-likeness (QED) is 0.848. The Labute approximate surface area is 107 Å². The molecule has 0 aromatic carbocycles. The molecule has 0 aliphatic carbocycles. The average molecular weight is 243 g/mol. The summed E-state index contributed by atoms with van der Waals surface area (Å²) in [5.74, 6) is 0.696. The second-order valence-electron chi connectivity index (χ2n) is 4.11. The van der Waals surface area contributed by atoms with E-state index in [4.69, 9.17) is 5.73 Å². The fourth-order valence-corrected chi connectivity index (χ4v) is 1.65. The molecule has 2 heterocycles. The van der Waals surface area contributed by atoms with Crippen LogP contribution in [-0.4, -0.2) is 28.5 Å². The fourth-order valence-electron chi connectivity index (χ4n) is 1.65. The normalized spacial score (nSPS) is 10.3. The highest BCUT2D eigenvalue weighted by molar-refractivity contribution is 5.29. The van der Waals surface area contributed by atoms with Gasteiger partial charge in [-0.1, -0.05) is 6.07 Å². The van der Waals surface area contributed by atoms with Crippen LogP contribution in [0.4, 0.5) is 5.95 Å². The summed E-state index contributed by atoms with van der Waals surface area (Å²) in [5.41, 5.74) is 7.54. The first-order chi connectivity index (χ1) is 8.79. The average Bonchev–Trinajstić information content (AvgIpc) is 2.41. The SMILES string of the molecule is CN(Cc1ccccn1)c1ncc(CCN)cn1. The Morgan fingerprint density at radius 2 is 1.94 bits per heavy atom. The summed E-state index contributed by atoms with van der Waals surface area (Å²) in [6, 6.07) is 5.86. The molecule has 0 fully saturated rings. The van der Waals surface area contributed by atoms with E-state index in [9.17, 15) is 0 Å². The Morgan fingerprint density at radius 3 is 2.56 bits per heavy atom. The van der Waals surface area contributed by atoms with E-state index in [1.807, 2.05) is 42.5 Å². The van der Waals surface area contributed by atoms with Crippen molar-refractivity contribution in [1.29, 1.82) is 0 Å². The summed E-state index contributed by atoms with van der Waals surface area (Å²) >= 11 is 0. The number of nitrogens with two attached hydrogens (primary N) is 1. The van der Waals surface area contributed by atoms with Crippen LogP contribution in [0.2, 0.25) is 0 Å². The molecule has 18 heavy (non-hydrogen) atoms. The van der Waals surface area contributed by atoms with E-state index in [0.29, 0.717) is 19.0 Å². The van der Waals surface area contributed by atoms with Gasteiger partial charge < -0.3 is 10.6 Å². The van der Waals surface area contributed by atoms with Gasteiger partial charge in [0.1, 0.15) is 0 Å². The van der Waals surface area contributed by atoms with Crippen LogP contribution in [0, 0.1) is 0 Å². The number of pyridine rings is 1. The molecule has 2 aromatic rings. The van der Waals surface area contributed by atoms with Crippen LogP contribution in [0.1, 0.15) is 11.3 Å². The van der Waals surface area contributed by atoms with Gasteiger partial charge in [-0.2, -0.15) is 0 Å². The Balaban J connectivity index is 2.02. The lowest BCUT2D eigenvalue weighted by atomic mass is 10.2. The predicted octanol–water partition coefficient (Wildman–Crippen LogP) is 1.01. The Hall–Kier alpha value is -2.01. The number of nitrogens with zero attached hydrogens (tertiary/aromatic N) is 4. The number of hydrogen-bond acceptors (Lipinski definition) is 5. The summed E-state index contributed by atoms with van der Waals surface area (Å²) in [4.78, 5) is 14.9. The Kier molecular flexibility index (Phi) is 4.20. The maximum atomic E-state index is 5.49. The van der Waals surface area contributed by atoms with Crippen molar-refractivity contribution in [2.45, 2.75) is 13.0 Å². The van der Waals surface area contributed by atoms with E-state index in [1.54, 1.807) is 6.20 Å². The van der Waals surface area contributed by atoms with Gasteiger partial charge in [-0.25, -0.2) is 9.97 Å². The monoisotopic (exact) mass is 243 g/mol. The molecule has 2 aromatic heterocycles. The molecular formula is C13H17N5. The molecular weight excluding hydrogens is 226 g/mol. The molecule has 0 unspecified atom stereocenters. The molecule has 0 bridgehead atoms. The number of rotatable bonds is 5. The van der Waals surface area contributed by atoms with Crippen LogP contribution in [0.15, 0.2) is 36.8 Å². The number of hydrogen-bond donors (Lipinski definition) is 1. The highest BCUT2D eigenvalue weighted by atomic mass is 15.2. The molecule has 5 heteroatoms. The van der Waals surface area contributed by atoms with Gasteiger partial charge in [-0.15, -0.1) is 0 Å². The van der Waals surface area contributed by atoms with Crippen LogP contribution in [0.3, 0.4) is 0 Å². The van der Waals surface area contributed by atoms with Gasteiger partial charge >= 0.3 is 0 Å². The van der Waals surface area contributed by atoms with E-state index in [2.05, 4.69) is 15.0 Å². The molecule has 0 atom stereocenters. The summed E-state index contributed by atoms with van der Waals surface area (Å²) in [7, 11) is 1.95. The van der Waals surface area contributed by atoms with Crippen LogP contribution < -0.4 is 10.6 Å². The standard InChI is InChI=1S/C13H17N5/c1-18(10-12-4-2-3-7-15-12)13-16-8-11(5-6-14)9-17-13/h2-4,7-9H,5-6,10,14H2,1H3. The first-order valence-electron chi connectivity index (χ1n) is 5.91. The lowest BCUT2D eigenvalue weighted by Gasteiger charge is -2.16. The summed E-state index contributed by atoms with van der Waals surface area (Å²) in [5, 5.41) is 0. The lowest BCUT2D eigenvalue weighted by Crippen LogP contribution is -2.19. The lowest BCUT2D eigenvalue weighted by molar-refractivity contribution is 0.832. The van der Waals surface area contributed by atoms with Gasteiger partial charge in [0.15, 0.2) is 0 Å². The van der Waals surface area contributed by atoms with Crippen LogP contribution in [-0.2, 0) is 13.0 Å². The molecule has 0 radical (unpaired) electrons. The van der Waals surface area contributed by atoms with Crippen molar-refractivity contribution in [3.8, 4) is 0 Å². The summed E-state index contributed by atoms with van der Waals surface area (Å²) in [6.45, 7) is 1.31. The molecule has 0 spiro atoms. The maximum Gasteiger partial charge on any atom is 0.225 e. The van der Waals surface area contributed by atoms with Gasteiger partial charge in [0.2, 0.25) is 5.95 Å². The summed E-state index contributed by atoms with van der Waals surface area (Å²) in [6.07, 6.45) is 6.24. The number of aromatic nitrogens is 3. The topological polar surface area (TPSA) is 67.9 Å². The first kappa shape index (κ1) is 12.4. The Morgan fingerprint density at radius 1 is 1.17 bits per heavy atom. The molecule has 0 aliphatic rings. The van der Waals surface area contributed by atoms with E-state index in [0.717, 1.165) is 17.7 Å². The third-order valence-electron chi connectivity index (χ3n) is 2.59. The molecule has 5 nitrogen and oxygen atoms in total. The summed E-state index contributed by atoms with van der Waals surface area (Å²) < 4.78 is 0. The second kappa shape index (κ2) is 6.07. The highest BCUT2D eigenvalue weighted by Crippen LogP contribution is 2.08. The molecule has 0 saturated carbocycles. The maximum absolute atomic E-state index is 5.49. The van der Waals surface area contributed by atoms with Crippen LogP contribution >= 0.6 is 0 Å². The van der Waals surface area contributed by atoms with E-state index < -0.39 is 0 Å². The highest BCUT2D eigenvalue weighted by Gasteiger charge is 2.05. The third-order valence-corrected chi connectivity index (χ3v) is 2.59. The van der Waals surface area contributed by atoms with Gasteiger partial charge in [0.25, 0.3) is 0 Å². The fraction of sp³-hybridized carbons (Fsp3) is 0.308. The smallest absolute Gasteiger partial charge is 0.225 e. The number of anilines is 1. The van der Waals surface area contributed by atoms with Crippen molar-refractivity contribution in [2.24, 2.45) is 5.73 Å². The van der Waals surface area contributed by atoms with Gasteiger partial charge in [0.05, 0.1) is 12.2 Å². The van der Waals surface area contributed by atoms with E-state index >= 15 is 0 Å². The van der Waals surface area contributed by atoms with Crippen molar-refractivity contribution in [2.75, 3.05) is 18.5 Å².